The lowest BCUT2D eigenvalue weighted by Crippen LogP contribution is -2.14. The number of hydrogen-bond acceptors (Lipinski definition) is 4. The largest absolute Gasteiger partial charge is 0.398 e. The van der Waals surface area contributed by atoms with E-state index in [-0.39, 0.29) is 5.91 Å². The molecule has 0 bridgehead atoms. The number of rotatable bonds is 2. The zero-order valence-electron chi connectivity index (χ0n) is 8.42. The van der Waals surface area contributed by atoms with Gasteiger partial charge in [0.15, 0.2) is 5.82 Å². The third-order valence-electron chi connectivity index (χ3n) is 2.01. The Morgan fingerprint density at radius 2 is 2.06 bits per heavy atom. The molecule has 5 heteroatoms. The molecule has 1 heterocycles. The maximum Gasteiger partial charge on any atom is 0.258 e. The van der Waals surface area contributed by atoms with Crippen molar-refractivity contribution in [3.8, 4) is 0 Å². The quantitative estimate of drug-likeness (QED) is 0.738. The molecule has 0 aliphatic carbocycles. The van der Waals surface area contributed by atoms with Gasteiger partial charge in [-0.1, -0.05) is 12.1 Å². The summed E-state index contributed by atoms with van der Waals surface area (Å²) in [6.07, 6.45) is 4.51. The van der Waals surface area contributed by atoms with Crippen molar-refractivity contribution >= 4 is 17.4 Å². The van der Waals surface area contributed by atoms with E-state index in [9.17, 15) is 4.79 Å². The van der Waals surface area contributed by atoms with Crippen molar-refractivity contribution in [2.45, 2.75) is 0 Å². The average molecular weight is 214 g/mol. The molecule has 0 unspecified atom stereocenters. The second-order valence-electron chi connectivity index (χ2n) is 3.13. The summed E-state index contributed by atoms with van der Waals surface area (Å²) in [6.45, 7) is 0. The number of nitrogen functional groups attached to an aromatic ring is 1. The van der Waals surface area contributed by atoms with Gasteiger partial charge in [0.2, 0.25) is 0 Å². The van der Waals surface area contributed by atoms with Crippen molar-refractivity contribution in [2.24, 2.45) is 0 Å². The van der Waals surface area contributed by atoms with Crippen LogP contribution in [0.25, 0.3) is 0 Å². The van der Waals surface area contributed by atoms with Crippen molar-refractivity contribution < 1.29 is 4.79 Å². The lowest BCUT2D eigenvalue weighted by atomic mass is 10.2. The molecule has 0 saturated carbocycles. The van der Waals surface area contributed by atoms with E-state index in [1.165, 1.54) is 18.6 Å². The number of nitrogens with two attached hydrogens (primary N) is 1. The van der Waals surface area contributed by atoms with Crippen molar-refractivity contribution in [3.05, 3.63) is 48.4 Å². The summed E-state index contributed by atoms with van der Waals surface area (Å²) < 4.78 is 0. The highest BCUT2D eigenvalue weighted by Crippen LogP contribution is 2.12. The number of nitrogens with zero attached hydrogens (tertiary/aromatic N) is 2. The minimum absolute atomic E-state index is 0.293. The Hall–Kier alpha value is -2.43. The molecule has 3 N–H and O–H groups in total. The highest BCUT2D eigenvalue weighted by Gasteiger charge is 2.09. The highest BCUT2D eigenvalue weighted by atomic mass is 16.1. The Labute approximate surface area is 92.3 Å². The van der Waals surface area contributed by atoms with Gasteiger partial charge in [0.05, 0.1) is 11.8 Å². The molecular weight excluding hydrogens is 204 g/mol. The average Bonchev–Trinajstić information content (AvgIpc) is 2.31. The van der Waals surface area contributed by atoms with Gasteiger partial charge in [-0.15, -0.1) is 0 Å². The first-order chi connectivity index (χ1) is 7.77. The van der Waals surface area contributed by atoms with E-state index in [2.05, 4.69) is 15.3 Å². The van der Waals surface area contributed by atoms with E-state index in [0.29, 0.717) is 17.1 Å². The van der Waals surface area contributed by atoms with Crippen LogP contribution in [0.5, 0.6) is 0 Å². The molecule has 16 heavy (non-hydrogen) atoms. The first-order valence-corrected chi connectivity index (χ1v) is 4.69. The number of nitrogens with one attached hydrogen (secondary N) is 1. The number of para-hydroxylation sites is 1. The lowest BCUT2D eigenvalue weighted by Gasteiger charge is -2.05. The fraction of sp³-hybridized carbons (Fsp3) is 0. The van der Waals surface area contributed by atoms with Crippen molar-refractivity contribution in [2.75, 3.05) is 11.1 Å². The third-order valence-corrected chi connectivity index (χ3v) is 2.01. The molecule has 0 aliphatic rings. The maximum absolute atomic E-state index is 11.8. The standard InChI is InChI=1S/C11H10N4O/c12-9-4-2-1-3-8(9)11(16)15-10-7-13-5-6-14-10/h1-7H,12H2,(H,14,15,16). The number of anilines is 2. The molecule has 2 aromatic rings. The molecular formula is C11H10N4O. The number of carbonyl (C=O) groups is 1. The van der Waals surface area contributed by atoms with Gasteiger partial charge in [-0.05, 0) is 12.1 Å². The zero-order chi connectivity index (χ0) is 11.4. The van der Waals surface area contributed by atoms with Gasteiger partial charge in [-0.3, -0.25) is 9.78 Å². The predicted molar refractivity (Wildman–Crippen MR) is 60.8 cm³/mol. The van der Waals surface area contributed by atoms with Gasteiger partial charge in [0.25, 0.3) is 5.91 Å². The van der Waals surface area contributed by atoms with Gasteiger partial charge in [0.1, 0.15) is 0 Å². The number of amides is 1. The van der Waals surface area contributed by atoms with Crippen LogP contribution in [0.15, 0.2) is 42.9 Å². The van der Waals surface area contributed by atoms with Crippen LogP contribution in [0, 0.1) is 0 Å². The first-order valence-electron chi connectivity index (χ1n) is 4.69. The van der Waals surface area contributed by atoms with Gasteiger partial charge < -0.3 is 11.1 Å². The smallest absolute Gasteiger partial charge is 0.258 e. The summed E-state index contributed by atoms with van der Waals surface area (Å²) >= 11 is 0. The van der Waals surface area contributed by atoms with Crippen LogP contribution in [0.4, 0.5) is 11.5 Å². The van der Waals surface area contributed by atoms with Crippen LogP contribution in [0.2, 0.25) is 0 Å². The lowest BCUT2D eigenvalue weighted by molar-refractivity contribution is 0.102. The minimum atomic E-state index is -0.293. The monoisotopic (exact) mass is 214 g/mol. The van der Waals surface area contributed by atoms with Crippen LogP contribution in [-0.4, -0.2) is 15.9 Å². The molecule has 0 radical (unpaired) electrons. The molecule has 5 nitrogen and oxygen atoms in total. The van der Waals surface area contributed by atoms with Crippen LogP contribution in [-0.2, 0) is 0 Å². The zero-order valence-corrected chi connectivity index (χ0v) is 8.42. The molecule has 1 amide bonds. The summed E-state index contributed by atoms with van der Waals surface area (Å²) in [4.78, 5) is 19.6. The molecule has 0 spiro atoms. The molecule has 80 valence electrons. The van der Waals surface area contributed by atoms with E-state index in [1.54, 1.807) is 24.3 Å². The first kappa shape index (κ1) is 10.1. The Bertz CT molecular complexity index is 498. The molecule has 1 aromatic heterocycles. The van der Waals surface area contributed by atoms with Crippen LogP contribution < -0.4 is 11.1 Å². The topological polar surface area (TPSA) is 80.9 Å². The molecule has 0 saturated heterocycles. The number of carbonyl (C=O) groups excluding carboxylic acids is 1. The van der Waals surface area contributed by atoms with E-state index < -0.39 is 0 Å². The van der Waals surface area contributed by atoms with E-state index in [4.69, 9.17) is 5.73 Å². The molecule has 0 aliphatic heterocycles. The summed E-state index contributed by atoms with van der Waals surface area (Å²) in [7, 11) is 0. The normalized spacial score (nSPS) is 9.75. The van der Waals surface area contributed by atoms with Gasteiger partial charge in [-0.25, -0.2) is 4.98 Å². The fourth-order valence-corrected chi connectivity index (χ4v) is 1.25. The van der Waals surface area contributed by atoms with Crippen molar-refractivity contribution in [1.82, 2.24) is 9.97 Å². The molecule has 2 rings (SSSR count). The predicted octanol–water partition coefficient (Wildman–Crippen LogP) is 1.31. The maximum atomic E-state index is 11.8. The second-order valence-corrected chi connectivity index (χ2v) is 3.13. The van der Waals surface area contributed by atoms with E-state index in [1.807, 2.05) is 0 Å². The van der Waals surface area contributed by atoms with Gasteiger partial charge >= 0.3 is 0 Å². The van der Waals surface area contributed by atoms with Gasteiger partial charge in [0, 0.05) is 18.1 Å². The SMILES string of the molecule is Nc1ccccc1C(=O)Nc1cnccn1. The van der Waals surface area contributed by atoms with Crippen molar-refractivity contribution in [3.63, 3.8) is 0 Å². The Balaban J connectivity index is 2.19. The molecule has 0 atom stereocenters. The van der Waals surface area contributed by atoms with Crippen molar-refractivity contribution in [1.29, 1.82) is 0 Å². The van der Waals surface area contributed by atoms with Gasteiger partial charge in [-0.2, -0.15) is 0 Å². The summed E-state index contributed by atoms with van der Waals surface area (Å²) in [5.74, 6) is 0.106. The third kappa shape index (κ3) is 2.14. The number of hydrogen-bond donors (Lipinski definition) is 2. The Morgan fingerprint density at radius 3 is 2.75 bits per heavy atom. The Morgan fingerprint density at radius 1 is 1.25 bits per heavy atom. The summed E-state index contributed by atoms with van der Waals surface area (Å²) in [6, 6.07) is 6.85. The Kier molecular flexibility index (Phi) is 2.77. The highest BCUT2D eigenvalue weighted by molar-refractivity contribution is 6.07. The molecule has 0 fully saturated rings. The van der Waals surface area contributed by atoms with E-state index in [0.717, 1.165) is 0 Å². The minimum Gasteiger partial charge on any atom is -0.398 e. The van der Waals surface area contributed by atoms with E-state index >= 15 is 0 Å². The van der Waals surface area contributed by atoms with Crippen LogP contribution in [0.1, 0.15) is 10.4 Å². The van der Waals surface area contributed by atoms with Crippen LogP contribution in [0.3, 0.4) is 0 Å². The second kappa shape index (κ2) is 4.39. The number of benzene rings is 1. The summed E-state index contributed by atoms with van der Waals surface area (Å²) in [5.41, 5.74) is 6.54. The van der Waals surface area contributed by atoms with Crippen LogP contribution >= 0.6 is 0 Å². The molecule has 1 aromatic carbocycles. The number of aromatic nitrogens is 2. The fourth-order valence-electron chi connectivity index (χ4n) is 1.25. The summed E-state index contributed by atoms with van der Waals surface area (Å²) in [5, 5.41) is 2.61.